The minimum atomic E-state index is -4.91. The van der Waals surface area contributed by atoms with Gasteiger partial charge in [-0.2, -0.15) is 0 Å². The third-order valence-electron chi connectivity index (χ3n) is 1.72. The fourth-order valence-corrected chi connectivity index (χ4v) is 1.11. The summed E-state index contributed by atoms with van der Waals surface area (Å²) in [5.74, 6) is -0.489. The molecule has 0 N–H and O–H groups in total. The molecule has 1 rings (SSSR count). The van der Waals surface area contributed by atoms with E-state index in [9.17, 15) is 23.1 Å². The third-order valence-corrected chi connectivity index (χ3v) is 1.72. The van der Waals surface area contributed by atoms with Gasteiger partial charge in [0.1, 0.15) is 18.1 Å². The summed E-state index contributed by atoms with van der Waals surface area (Å²) in [6, 6.07) is 2.56. The number of rotatable bonds is 4. The summed E-state index contributed by atoms with van der Waals surface area (Å²) >= 11 is 0. The highest BCUT2D eigenvalue weighted by atomic mass is 19.4. The minimum Gasteiger partial charge on any atom is -0.545 e. The summed E-state index contributed by atoms with van der Waals surface area (Å²) in [7, 11) is 0. The van der Waals surface area contributed by atoms with E-state index in [1.165, 1.54) is 0 Å². The number of carboxylic acids is 1. The predicted octanol–water partition coefficient (Wildman–Crippen LogP) is 0.961. The minimum absolute atomic E-state index is 0.192. The van der Waals surface area contributed by atoms with E-state index in [-0.39, 0.29) is 12.4 Å². The maximum Gasteiger partial charge on any atom is 0.573 e. The van der Waals surface area contributed by atoms with Crippen LogP contribution in [0.2, 0.25) is 0 Å². The first kappa shape index (κ1) is 13.7. The Hall–Kier alpha value is -2.36. The van der Waals surface area contributed by atoms with E-state index in [0.717, 1.165) is 12.1 Å². The van der Waals surface area contributed by atoms with Crippen LogP contribution in [0.15, 0.2) is 18.2 Å². The molecular weight excluding hydrogens is 253 g/mol. The van der Waals surface area contributed by atoms with E-state index in [1.807, 2.05) is 0 Å². The lowest BCUT2D eigenvalue weighted by Crippen LogP contribution is -2.24. The largest absolute Gasteiger partial charge is 0.573 e. The first-order chi connectivity index (χ1) is 8.33. The predicted molar refractivity (Wildman–Crippen MR) is 51.8 cm³/mol. The number of carboxylic acid groups (broad SMARTS) is 1. The van der Waals surface area contributed by atoms with E-state index < -0.39 is 23.6 Å². The zero-order valence-corrected chi connectivity index (χ0v) is 8.78. The number of hydrogen-bond donors (Lipinski definition) is 0. The van der Waals surface area contributed by atoms with Crippen molar-refractivity contribution in [3.8, 4) is 23.8 Å². The number of benzene rings is 1. The average Bonchev–Trinajstić information content (AvgIpc) is 2.25. The van der Waals surface area contributed by atoms with Crippen LogP contribution in [0, 0.1) is 12.3 Å². The molecule has 0 aliphatic carbocycles. The van der Waals surface area contributed by atoms with Gasteiger partial charge in [-0.05, 0) is 18.2 Å². The molecule has 0 aliphatic heterocycles. The van der Waals surface area contributed by atoms with Crippen molar-refractivity contribution < 1.29 is 32.5 Å². The van der Waals surface area contributed by atoms with Gasteiger partial charge in [-0.25, -0.2) is 0 Å². The average molecular weight is 259 g/mol. The molecule has 4 nitrogen and oxygen atoms in total. The van der Waals surface area contributed by atoms with E-state index in [4.69, 9.17) is 11.2 Å². The van der Waals surface area contributed by atoms with Crippen molar-refractivity contribution in [3.05, 3.63) is 23.8 Å². The Bertz CT molecular complexity index is 488. The van der Waals surface area contributed by atoms with Gasteiger partial charge in [-0.1, -0.05) is 5.92 Å². The highest BCUT2D eigenvalue weighted by molar-refractivity contribution is 5.89. The van der Waals surface area contributed by atoms with Gasteiger partial charge in [0.05, 0.1) is 5.97 Å². The fourth-order valence-electron chi connectivity index (χ4n) is 1.11. The van der Waals surface area contributed by atoms with Gasteiger partial charge in [0.2, 0.25) is 0 Å². The lowest BCUT2D eigenvalue weighted by atomic mass is 10.2. The molecule has 0 amide bonds. The van der Waals surface area contributed by atoms with Crippen LogP contribution < -0.4 is 14.6 Å². The maximum atomic E-state index is 11.9. The second-order valence-electron chi connectivity index (χ2n) is 2.99. The molecule has 0 unspecified atom stereocenters. The van der Waals surface area contributed by atoms with Crippen LogP contribution in [0.4, 0.5) is 13.2 Å². The summed E-state index contributed by atoms with van der Waals surface area (Å²) in [4.78, 5) is 10.7. The van der Waals surface area contributed by atoms with Crippen LogP contribution in [0.5, 0.6) is 11.5 Å². The summed E-state index contributed by atoms with van der Waals surface area (Å²) < 4.78 is 44.2. The van der Waals surface area contributed by atoms with Gasteiger partial charge in [0, 0.05) is 5.56 Å². The zero-order valence-electron chi connectivity index (χ0n) is 8.78. The molecule has 1 aromatic rings. The molecule has 96 valence electrons. The molecule has 0 saturated heterocycles. The number of carbonyl (C=O) groups is 1. The van der Waals surface area contributed by atoms with Crippen molar-refractivity contribution in [2.45, 2.75) is 6.36 Å². The van der Waals surface area contributed by atoms with Crippen LogP contribution in [0.3, 0.4) is 0 Å². The van der Waals surface area contributed by atoms with Gasteiger partial charge in [-0.3, -0.25) is 0 Å². The summed E-state index contributed by atoms with van der Waals surface area (Å²) in [5, 5.41) is 10.7. The van der Waals surface area contributed by atoms with Crippen LogP contribution in [-0.2, 0) is 0 Å². The first-order valence-electron chi connectivity index (χ1n) is 4.51. The SMILES string of the molecule is C#CCOc1ccc(OC(F)(F)F)cc1C(=O)[O-]. The molecule has 0 fully saturated rings. The van der Waals surface area contributed by atoms with Crippen molar-refractivity contribution >= 4 is 5.97 Å². The van der Waals surface area contributed by atoms with Crippen LogP contribution in [0.1, 0.15) is 10.4 Å². The molecule has 0 radical (unpaired) electrons. The van der Waals surface area contributed by atoms with Gasteiger partial charge in [0.15, 0.2) is 0 Å². The van der Waals surface area contributed by atoms with Crippen molar-refractivity contribution in [2.24, 2.45) is 0 Å². The van der Waals surface area contributed by atoms with Gasteiger partial charge in [0.25, 0.3) is 0 Å². The fraction of sp³-hybridized carbons (Fsp3) is 0.182. The summed E-state index contributed by atoms with van der Waals surface area (Å²) in [6.45, 7) is -0.222. The number of terminal acetylenes is 1. The lowest BCUT2D eigenvalue weighted by molar-refractivity contribution is -0.275. The molecule has 18 heavy (non-hydrogen) atoms. The number of halogens is 3. The number of ether oxygens (including phenoxy) is 2. The molecule has 0 bridgehead atoms. The molecule has 1 aromatic carbocycles. The molecule has 7 heteroatoms. The molecule has 0 aromatic heterocycles. The Labute approximate surface area is 99.9 Å². The van der Waals surface area contributed by atoms with Gasteiger partial charge >= 0.3 is 6.36 Å². The van der Waals surface area contributed by atoms with Crippen LogP contribution in [-0.4, -0.2) is 18.9 Å². The van der Waals surface area contributed by atoms with E-state index in [0.29, 0.717) is 6.07 Å². The number of aromatic carboxylic acids is 1. The Morgan fingerprint density at radius 3 is 2.61 bits per heavy atom. The highest BCUT2D eigenvalue weighted by Gasteiger charge is 2.31. The van der Waals surface area contributed by atoms with Crippen molar-refractivity contribution in [1.82, 2.24) is 0 Å². The van der Waals surface area contributed by atoms with E-state index in [2.05, 4.69) is 10.7 Å². The lowest BCUT2D eigenvalue weighted by Gasteiger charge is -2.14. The maximum absolute atomic E-state index is 11.9. The smallest absolute Gasteiger partial charge is 0.545 e. The molecule has 0 saturated carbocycles. The Balaban J connectivity index is 3.04. The highest BCUT2D eigenvalue weighted by Crippen LogP contribution is 2.28. The Kier molecular flexibility index (Phi) is 4.05. The van der Waals surface area contributed by atoms with Gasteiger partial charge < -0.3 is 19.4 Å². The summed E-state index contributed by atoms with van der Waals surface area (Å²) in [5.41, 5.74) is -0.577. The normalized spacial score (nSPS) is 10.6. The topological polar surface area (TPSA) is 58.6 Å². The van der Waals surface area contributed by atoms with Crippen molar-refractivity contribution in [1.29, 1.82) is 0 Å². The quantitative estimate of drug-likeness (QED) is 0.756. The molecule has 0 heterocycles. The second-order valence-corrected chi connectivity index (χ2v) is 2.99. The monoisotopic (exact) mass is 259 g/mol. The van der Waals surface area contributed by atoms with Crippen molar-refractivity contribution in [3.63, 3.8) is 0 Å². The van der Waals surface area contributed by atoms with Gasteiger partial charge in [-0.15, -0.1) is 19.6 Å². The third kappa shape index (κ3) is 3.90. The molecular formula is C11H6F3O4-. The number of carbonyl (C=O) groups excluding carboxylic acids is 1. The van der Waals surface area contributed by atoms with Crippen LogP contribution in [0.25, 0.3) is 0 Å². The van der Waals surface area contributed by atoms with E-state index >= 15 is 0 Å². The first-order valence-corrected chi connectivity index (χ1v) is 4.51. The summed E-state index contributed by atoms with van der Waals surface area (Å²) in [6.07, 6.45) is -0.00812. The number of alkyl halides is 3. The number of hydrogen-bond acceptors (Lipinski definition) is 4. The molecule has 0 aliphatic rings. The Morgan fingerprint density at radius 1 is 1.44 bits per heavy atom. The molecule has 0 atom stereocenters. The van der Waals surface area contributed by atoms with Crippen molar-refractivity contribution in [2.75, 3.05) is 6.61 Å². The molecule has 0 spiro atoms. The Morgan fingerprint density at radius 2 is 2.11 bits per heavy atom. The second kappa shape index (κ2) is 5.31. The zero-order chi connectivity index (χ0) is 13.8. The standard InChI is InChI=1S/C11H7F3O4/c1-2-5-17-9-4-3-7(18-11(12,13)14)6-8(9)10(15)16/h1,3-4,6H,5H2,(H,15,16)/p-1. The van der Waals surface area contributed by atoms with E-state index in [1.54, 1.807) is 0 Å². The van der Waals surface area contributed by atoms with Crippen LogP contribution >= 0.6 is 0 Å².